The van der Waals surface area contributed by atoms with Crippen LogP contribution in [-0.2, 0) is 0 Å². The van der Waals surface area contributed by atoms with Crippen LogP contribution in [0.25, 0.3) is 0 Å². The molecule has 3 heterocycles. The molecule has 31 heavy (non-hydrogen) atoms. The second-order valence-corrected chi connectivity index (χ2v) is 7.22. The lowest BCUT2D eigenvalue weighted by molar-refractivity contribution is 0.247. The van der Waals surface area contributed by atoms with Gasteiger partial charge in [0, 0.05) is 29.5 Å². The summed E-state index contributed by atoms with van der Waals surface area (Å²) in [5, 5.41) is 5.33. The van der Waals surface area contributed by atoms with Gasteiger partial charge in [0.15, 0.2) is 11.6 Å². The van der Waals surface area contributed by atoms with Crippen molar-refractivity contribution >= 4 is 11.8 Å². The number of rotatable bonds is 4. The second-order valence-electron chi connectivity index (χ2n) is 7.22. The third-order valence-electron chi connectivity index (χ3n) is 5.21. The number of benzene rings is 1. The van der Waals surface area contributed by atoms with E-state index in [-0.39, 0.29) is 47.4 Å². The first-order chi connectivity index (χ1) is 15.0. The summed E-state index contributed by atoms with van der Waals surface area (Å²) in [7, 11) is 0. The Morgan fingerprint density at radius 2 is 1.90 bits per heavy atom. The number of hydrogen-bond donors (Lipinski definition) is 2. The summed E-state index contributed by atoms with van der Waals surface area (Å²) in [6, 6.07) is 5.41. The van der Waals surface area contributed by atoms with Gasteiger partial charge in [-0.25, -0.2) is 22.9 Å². The van der Waals surface area contributed by atoms with Gasteiger partial charge in [-0.3, -0.25) is 10.3 Å². The zero-order chi connectivity index (χ0) is 21.5. The number of ether oxygens (including phenoxy) is 2. The molecule has 2 aromatic heterocycles. The first kappa shape index (κ1) is 19.2. The van der Waals surface area contributed by atoms with Crippen LogP contribution in [0.2, 0.25) is 0 Å². The lowest BCUT2D eigenvalue weighted by atomic mass is 10.0. The first-order valence-corrected chi connectivity index (χ1v) is 9.42. The smallest absolute Gasteiger partial charge is 0.320 e. The minimum absolute atomic E-state index is 0.0864. The number of urea groups is 1. The minimum atomic E-state index is -0.620. The van der Waals surface area contributed by atoms with Crippen LogP contribution in [0, 0.1) is 23.4 Å². The predicted molar refractivity (Wildman–Crippen MR) is 103 cm³/mol. The fourth-order valence-corrected chi connectivity index (χ4v) is 3.76. The number of hydrogen-bond acceptors (Lipinski definition) is 5. The molecule has 7 nitrogen and oxygen atoms in total. The van der Waals surface area contributed by atoms with Crippen molar-refractivity contribution in [3.63, 3.8) is 0 Å². The first-order valence-electron chi connectivity index (χ1n) is 9.42. The molecule has 0 bridgehead atoms. The van der Waals surface area contributed by atoms with E-state index in [1.165, 1.54) is 24.5 Å². The molecule has 3 aromatic rings. The van der Waals surface area contributed by atoms with Crippen molar-refractivity contribution in [1.29, 1.82) is 0 Å². The van der Waals surface area contributed by atoms with Crippen LogP contribution in [-0.4, -0.2) is 28.6 Å². The SMILES string of the molecule is O=C(Nc1ccc(Oc2cncc(F)c2)cn1)NC1[C@H]2COc3c(F)ccc(F)c3[C@@H]12. The molecular weight excluding hydrogens is 413 g/mol. The van der Waals surface area contributed by atoms with Crippen LogP contribution in [0.4, 0.5) is 23.8 Å². The maximum absolute atomic E-state index is 14.2. The molecule has 0 spiro atoms. The Bertz CT molecular complexity index is 1160. The average Bonchev–Trinajstić information content (AvgIpc) is 3.44. The number of halogens is 3. The Kier molecular flexibility index (Phi) is 4.61. The Hall–Kier alpha value is -3.82. The van der Waals surface area contributed by atoms with Gasteiger partial charge in [-0.1, -0.05) is 0 Å². The van der Waals surface area contributed by atoms with Crippen LogP contribution in [0.15, 0.2) is 48.9 Å². The largest absolute Gasteiger partial charge is 0.490 e. The van der Waals surface area contributed by atoms with Crippen molar-refractivity contribution in [2.45, 2.75) is 12.0 Å². The van der Waals surface area contributed by atoms with Crippen molar-refractivity contribution in [2.24, 2.45) is 5.92 Å². The van der Waals surface area contributed by atoms with Crippen molar-refractivity contribution in [1.82, 2.24) is 15.3 Å². The highest BCUT2D eigenvalue weighted by Crippen LogP contribution is 2.55. The van der Waals surface area contributed by atoms with Crippen LogP contribution in [0.3, 0.4) is 0 Å². The molecule has 1 aliphatic carbocycles. The molecule has 3 atom stereocenters. The van der Waals surface area contributed by atoms with Gasteiger partial charge in [-0.15, -0.1) is 0 Å². The Morgan fingerprint density at radius 1 is 1.06 bits per heavy atom. The molecule has 2 amide bonds. The van der Waals surface area contributed by atoms with Crippen molar-refractivity contribution in [2.75, 3.05) is 11.9 Å². The number of anilines is 1. The molecule has 1 unspecified atom stereocenters. The number of carbonyl (C=O) groups excluding carboxylic acids is 1. The quantitative estimate of drug-likeness (QED) is 0.657. The maximum Gasteiger partial charge on any atom is 0.320 e. The molecule has 5 rings (SSSR count). The number of fused-ring (bicyclic) bond motifs is 3. The number of nitrogens with one attached hydrogen (secondary N) is 2. The Labute approximate surface area is 174 Å². The monoisotopic (exact) mass is 428 g/mol. The Balaban J connectivity index is 1.20. The lowest BCUT2D eigenvalue weighted by Crippen LogP contribution is -2.32. The van der Waals surface area contributed by atoms with E-state index < -0.39 is 23.5 Å². The van der Waals surface area contributed by atoms with Gasteiger partial charge >= 0.3 is 6.03 Å². The summed E-state index contributed by atoms with van der Waals surface area (Å²) >= 11 is 0. The molecule has 1 saturated carbocycles. The van der Waals surface area contributed by atoms with Gasteiger partial charge < -0.3 is 14.8 Å². The summed E-state index contributed by atoms with van der Waals surface area (Å²) in [5.74, 6) is -1.47. The molecule has 158 valence electrons. The number of pyridine rings is 2. The van der Waals surface area contributed by atoms with Crippen LogP contribution >= 0.6 is 0 Å². The molecule has 2 aliphatic rings. The van der Waals surface area contributed by atoms with Crippen LogP contribution in [0.5, 0.6) is 17.2 Å². The zero-order valence-electron chi connectivity index (χ0n) is 15.8. The highest BCUT2D eigenvalue weighted by molar-refractivity contribution is 5.89. The van der Waals surface area contributed by atoms with Gasteiger partial charge in [0.25, 0.3) is 0 Å². The van der Waals surface area contributed by atoms with E-state index in [0.29, 0.717) is 5.75 Å². The zero-order valence-corrected chi connectivity index (χ0v) is 15.8. The number of amides is 2. The van der Waals surface area contributed by atoms with Gasteiger partial charge in [-0.2, -0.15) is 0 Å². The summed E-state index contributed by atoms with van der Waals surface area (Å²) in [4.78, 5) is 20.1. The molecule has 1 aromatic carbocycles. The van der Waals surface area contributed by atoms with Crippen LogP contribution < -0.4 is 20.1 Å². The molecule has 1 fully saturated rings. The van der Waals surface area contributed by atoms with E-state index in [1.807, 2.05) is 0 Å². The second kappa shape index (κ2) is 7.46. The average molecular weight is 428 g/mol. The van der Waals surface area contributed by atoms with E-state index in [4.69, 9.17) is 9.47 Å². The van der Waals surface area contributed by atoms with Gasteiger partial charge in [0.1, 0.15) is 29.0 Å². The topological polar surface area (TPSA) is 85.4 Å². The number of nitrogens with zero attached hydrogens (tertiary/aromatic N) is 2. The van der Waals surface area contributed by atoms with E-state index in [1.54, 1.807) is 6.07 Å². The fourth-order valence-electron chi connectivity index (χ4n) is 3.76. The highest BCUT2D eigenvalue weighted by Gasteiger charge is 2.57. The van der Waals surface area contributed by atoms with E-state index in [9.17, 15) is 18.0 Å². The molecule has 2 N–H and O–H groups in total. The molecule has 0 saturated heterocycles. The molecule has 1 aliphatic heterocycles. The summed E-state index contributed by atoms with van der Waals surface area (Å²) in [5.41, 5.74) is 0.160. The fraction of sp³-hybridized carbons (Fsp3) is 0.190. The number of carbonyl (C=O) groups is 1. The molecular formula is C21H15F3N4O3. The minimum Gasteiger partial charge on any atom is -0.490 e. The van der Waals surface area contributed by atoms with E-state index in [0.717, 1.165) is 18.3 Å². The lowest BCUT2D eigenvalue weighted by Gasteiger charge is -2.16. The summed E-state index contributed by atoms with van der Waals surface area (Å²) in [6.45, 7) is 0.197. The van der Waals surface area contributed by atoms with Gasteiger partial charge in [-0.05, 0) is 24.3 Å². The third-order valence-corrected chi connectivity index (χ3v) is 5.21. The van der Waals surface area contributed by atoms with Crippen molar-refractivity contribution in [3.8, 4) is 17.2 Å². The highest BCUT2D eigenvalue weighted by atomic mass is 19.1. The molecule has 0 radical (unpaired) electrons. The van der Waals surface area contributed by atoms with E-state index >= 15 is 0 Å². The normalized spacial score (nSPS) is 20.7. The molecule has 10 heteroatoms. The van der Waals surface area contributed by atoms with Crippen molar-refractivity contribution in [3.05, 3.63) is 71.9 Å². The van der Waals surface area contributed by atoms with E-state index in [2.05, 4.69) is 20.6 Å². The number of aromatic nitrogens is 2. The summed E-state index contributed by atoms with van der Waals surface area (Å²) < 4.78 is 52.0. The Morgan fingerprint density at radius 3 is 2.68 bits per heavy atom. The standard InChI is InChI=1S/C21H15F3N4O3/c22-10-5-12(7-25-6-10)31-11-1-4-16(26-8-11)27-21(29)28-19-13-9-30-20-15(24)3-2-14(23)18(20)17(13)19/h1-8,13,17,19H,9H2,(H2,26,27,28,29)/t13-,17-,19?/m0/s1. The van der Waals surface area contributed by atoms with Gasteiger partial charge in [0.05, 0.1) is 25.2 Å². The summed E-state index contributed by atoms with van der Waals surface area (Å²) in [6.07, 6.45) is 3.77. The predicted octanol–water partition coefficient (Wildman–Crippen LogP) is 3.98. The third kappa shape index (κ3) is 3.72. The van der Waals surface area contributed by atoms with Crippen LogP contribution in [0.1, 0.15) is 11.5 Å². The van der Waals surface area contributed by atoms with Crippen molar-refractivity contribution < 1.29 is 27.4 Å². The maximum atomic E-state index is 14.2. The van der Waals surface area contributed by atoms with Gasteiger partial charge in [0.2, 0.25) is 0 Å².